The zero-order chi connectivity index (χ0) is 18.4. The molecule has 26 heavy (non-hydrogen) atoms. The summed E-state index contributed by atoms with van der Waals surface area (Å²) in [5.41, 5.74) is 9.11. The van der Waals surface area contributed by atoms with Gasteiger partial charge < -0.3 is 15.8 Å². The molecule has 3 rings (SSSR count). The van der Waals surface area contributed by atoms with Crippen LogP contribution < -0.4 is 11.1 Å². The molecule has 0 radical (unpaired) electrons. The van der Waals surface area contributed by atoms with E-state index in [1.807, 2.05) is 42.5 Å². The molecule has 0 saturated carbocycles. The highest BCUT2D eigenvalue weighted by molar-refractivity contribution is 5.94. The monoisotopic (exact) mass is 353 g/mol. The van der Waals surface area contributed by atoms with Gasteiger partial charge in [-0.25, -0.2) is 0 Å². The van der Waals surface area contributed by atoms with E-state index in [-0.39, 0.29) is 5.91 Å². The van der Waals surface area contributed by atoms with Crippen LogP contribution in [-0.2, 0) is 16.0 Å². The average Bonchev–Trinajstić information content (AvgIpc) is 2.69. The molecule has 3 N–H and O–H groups in total. The highest BCUT2D eigenvalue weighted by Crippen LogP contribution is 2.22. The fraction of sp³-hybridized carbons (Fsp3) is 0.381. The standard InChI is InChI=1S/C21H27N3O2/c1-16(24-11-13-26-14-12-24)18-7-9-19(10-8-18)23-21(25)20(22)15-17-5-3-2-4-6-17/h2-10,16,20H,11-15,22H2,1H3,(H,23,25). The number of nitrogens with zero attached hydrogens (tertiary/aromatic N) is 1. The van der Waals surface area contributed by atoms with Crippen molar-refractivity contribution in [1.29, 1.82) is 0 Å². The number of benzene rings is 2. The summed E-state index contributed by atoms with van der Waals surface area (Å²) >= 11 is 0. The van der Waals surface area contributed by atoms with Crippen molar-refractivity contribution in [3.63, 3.8) is 0 Å². The molecule has 1 saturated heterocycles. The van der Waals surface area contributed by atoms with Crippen molar-refractivity contribution < 1.29 is 9.53 Å². The summed E-state index contributed by atoms with van der Waals surface area (Å²) in [6.07, 6.45) is 0.527. The largest absolute Gasteiger partial charge is 0.379 e. The third-order valence-electron chi connectivity index (χ3n) is 4.89. The summed E-state index contributed by atoms with van der Waals surface area (Å²) in [5, 5.41) is 2.91. The first-order valence-corrected chi connectivity index (χ1v) is 9.15. The van der Waals surface area contributed by atoms with Crippen LogP contribution in [0.2, 0.25) is 0 Å². The highest BCUT2D eigenvalue weighted by atomic mass is 16.5. The number of hydrogen-bond acceptors (Lipinski definition) is 4. The van der Waals surface area contributed by atoms with Gasteiger partial charge in [-0.2, -0.15) is 0 Å². The Bertz CT molecular complexity index is 697. The molecule has 5 nitrogen and oxygen atoms in total. The molecular formula is C21H27N3O2. The summed E-state index contributed by atoms with van der Waals surface area (Å²) < 4.78 is 5.41. The molecule has 2 aromatic carbocycles. The molecule has 1 aliphatic heterocycles. The fourth-order valence-corrected chi connectivity index (χ4v) is 3.22. The lowest BCUT2D eigenvalue weighted by atomic mass is 10.0. The molecule has 1 aliphatic rings. The van der Waals surface area contributed by atoms with Crippen LogP contribution in [-0.4, -0.2) is 43.2 Å². The first kappa shape index (κ1) is 18.6. The number of rotatable bonds is 6. The maximum atomic E-state index is 12.3. The van der Waals surface area contributed by atoms with E-state index in [0.717, 1.165) is 37.6 Å². The number of carbonyl (C=O) groups excluding carboxylic acids is 1. The number of anilines is 1. The van der Waals surface area contributed by atoms with Gasteiger partial charge in [0.15, 0.2) is 0 Å². The van der Waals surface area contributed by atoms with Gasteiger partial charge in [0.2, 0.25) is 5.91 Å². The zero-order valence-electron chi connectivity index (χ0n) is 15.2. The van der Waals surface area contributed by atoms with Gasteiger partial charge in [-0.05, 0) is 36.6 Å². The van der Waals surface area contributed by atoms with Gasteiger partial charge >= 0.3 is 0 Å². The van der Waals surface area contributed by atoms with E-state index < -0.39 is 6.04 Å². The highest BCUT2D eigenvalue weighted by Gasteiger charge is 2.19. The molecule has 2 unspecified atom stereocenters. The number of amides is 1. The average molecular weight is 353 g/mol. The summed E-state index contributed by atoms with van der Waals surface area (Å²) in [7, 11) is 0. The van der Waals surface area contributed by atoms with Crippen molar-refractivity contribution in [3.05, 3.63) is 65.7 Å². The van der Waals surface area contributed by atoms with E-state index in [1.165, 1.54) is 5.56 Å². The summed E-state index contributed by atoms with van der Waals surface area (Å²) in [6.45, 7) is 5.69. The maximum absolute atomic E-state index is 12.3. The van der Waals surface area contributed by atoms with Crippen LogP contribution in [0.25, 0.3) is 0 Å². The minimum Gasteiger partial charge on any atom is -0.379 e. The molecular weight excluding hydrogens is 326 g/mol. The first-order valence-electron chi connectivity index (χ1n) is 9.15. The lowest BCUT2D eigenvalue weighted by Gasteiger charge is -2.32. The molecule has 0 aliphatic carbocycles. The lowest BCUT2D eigenvalue weighted by Crippen LogP contribution is -2.38. The molecule has 138 valence electrons. The number of nitrogens with one attached hydrogen (secondary N) is 1. The molecule has 0 spiro atoms. The number of hydrogen-bond donors (Lipinski definition) is 2. The SMILES string of the molecule is CC(c1ccc(NC(=O)C(N)Cc2ccccc2)cc1)N1CCOCC1. The Morgan fingerprint density at radius 2 is 1.77 bits per heavy atom. The molecule has 0 aromatic heterocycles. The third kappa shape index (κ3) is 4.91. The number of morpholine rings is 1. The Morgan fingerprint density at radius 1 is 1.12 bits per heavy atom. The topological polar surface area (TPSA) is 67.6 Å². The van der Waals surface area contributed by atoms with Crippen LogP contribution in [0.15, 0.2) is 54.6 Å². The number of carbonyl (C=O) groups is 1. The quantitative estimate of drug-likeness (QED) is 0.838. The maximum Gasteiger partial charge on any atom is 0.241 e. The van der Waals surface area contributed by atoms with Crippen LogP contribution in [0.1, 0.15) is 24.1 Å². The van der Waals surface area contributed by atoms with Crippen LogP contribution >= 0.6 is 0 Å². The Kier molecular flexibility index (Phi) is 6.39. The van der Waals surface area contributed by atoms with Gasteiger partial charge in [0.1, 0.15) is 0 Å². The third-order valence-corrected chi connectivity index (χ3v) is 4.89. The van der Waals surface area contributed by atoms with E-state index in [4.69, 9.17) is 10.5 Å². The zero-order valence-corrected chi connectivity index (χ0v) is 15.2. The molecule has 0 bridgehead atoms. The van der Waals surface area contributed by atoms with E-state index in [2.05, 4.69) is 29.3 Å². The predicted octanol–water partition coefficient (Wildman–Crippen LogP) is 2.59. The van der Waals surface area contributed by atoms with E-state index >= 15 is 0 Å². The normalized spacial score (nSPS) is 17.5. The molecule has 2 aromatic rings. The van der Waals surface area contributed by atoms with E-state index in [9.17, 15) is 4.79 Å². The molecule has 1 fully saturated rings. The van der Waals surface area contributed by atoms with Crippen molar-refractivity contribution in [2.75, 3.05) is 31.6 Å². The smallest absolute Gasteiger partial charge is 0.241 e. The second-order valence-electron chi connectivity index (χ2n) is 6.73. The van der Waals surface area contributed by atoms with Crippen molar-refractivity contribution in [2.45, 2.75) is 25.4 Å². The van der Waals surface area contributed by atoms with Gasteiger partial charge in [-0.1, -0.05) is 42.5 Å². The van der Waals surface area contributed by atoms with Gasteiger partial charge in [0.05, 0.1) is 19.3 Å². The number of ether oxygens (including phenoxy) is 1. The van der Waals surface area contributed by atoms with Gasteiger partial charge in [-0.15, -0.1) is 0 Å². The van der Waals surface area contributed by atoms with Gasteiger partial charge in [0.25, 0.3) is 0 Å². The minimum atomic E-state index is -0.565. The van der Waals surface area contributed by atoms with Crippen LogP contribution in [0.3, 0.4) is 0 Å². The summed E-state index contributed by atoms with van der Waals surface area (Å²) in [4.78, 5) is 14.7. The van der Waals surface area contributed by atoms with Crippen molar-refractivity contribution in [3.8, 4) is 0 Å². The van der Waals surface area contributed by atoms with Gasteiger partial charge in [-0.3, -0.25) is 9.69 Å². The second-order valence-corrected chi connectivity index (χ2v) is 6.73. The second kappa shape index (κ2) is 8.94. The van der Waals surface area contributed by atoms with Gasteiger partial charge in [0, 0.05) is 24.8 Å². The van der Waals surface area contributed by atoms with E-state index in [0.29, 0.717) is 12.5 Å². The Labute approximate surface area is 155 Å². The van der Waals surface area contributed by atoms with Crippen LogP contribution in [0, 0.1) is 0 Å². The molecule has 2 atom stereocenters. The predicted molar refractivity (Wildman–Crippen MR) is 104 cm³/mol. The fourth-order valence-electron chi connectivity index (χ4n) is 3.22. The van der Waals surface area contributed by atoms with E-state index in [1.54, 1.807) is 0 Å². The number of nitrogens with two attached hydrogens (primary N) is 1. The Hall–Kier alpha value is -2.21. The minimum absolute atomic E-state index is 0.164. The van der Waals surface area contributed by atoms with Crippen molar-refractivity contribution in [1.82, 2.24) is 4.90 Å². The van der Waals surface area contributed by atoms with Crippen molar-refractivity contribution >= 4 is 11.6 Å². The van der Waals surface area contributed by atoms with Crippen LogP contribution in [0.4, 0.5) is 5.69 Å². The Morgan fingerprint density at radius 3 is 2.42 bits per heavy atom. The molecule has 1 amide bonds. The molecule has 5 heteroatoms. The lowest BCUT2D eigenvalue weighted by molar-refractivity contribution is -0.117. The van der Waals surface area contributed by atoms with Crippen molar-refractivity contribution in [2.24, 2.45) is 5.73 Å². The molecule has 1 heterocycles. The van der Waals surface area contributed by atoms with Crippen LogP contribution in [0.5, 0.6) is 0 Å². The summed E-state index contributed by atoms with van der Waals surface area (Å²) in [6, 6.07) is 17.6. The first-order chi connectivity index (χ1) is 12.6. The Balaban J connectivity index is 1.55. The summed E-state index contributed by atoms with van der Waals surface area (Å²) in [5.74, 6) is -0.164.